The van der Waals surface area contributed by atoms with Gasteiger partial charge in [0, 0.05) is 32.4 Å². The van der Waals surface area contributed by atoms with E-state index in [1.165, 1.54) is 6.33 Å². The Labute approximate surface area is 341 Å². The molecule has 3 aromatic carbocycles. The third-order valence-electron chi connectivity index (χ3n) is 12.1. The summed E-state index contributed by atoms with van der Waals surface area (Å²) in [5, 5.41) is 16.0. The van der Waals surface area contributed by atoms with Crippen LogP contribution in [-0.2, 0) is 29.0 Å². The Morgan fingerprint density at radius 1 is 0.931 bits per heavy atom. The molecule has 58 heavy (non-hydrogen) atoms. The second kappa shape index (κ2) is 16.1. The van der Waals surface area contributed by atoms with Gasteiger partial charge in [-0.3, -0.25) is 4.79 Å². The average Bonchev–Trinajstić information content (AvgIpc) is 3.76. The van der Waals surface area contributed by atoms with E-state index < -0.39 is 43.7 Å². The van der Waals surface area contributed by atoms with Gasteiger partial charge in [0.2, 0.25) is 0 Å². The summed E-state index contributed by atoms with van der Waals surface area (Å²) in [5.74, 6) is -0.836. The number of methoxy groups -OCH3 is 2. The molecule has 304 valence electrons. The Kier molecular flexibility index (Phi) is 11.5. The lowest BCUT2D eigenvalue weighted by Crippen LogP contribution is -2.56. The number of benzene rings is 3. The molecule has 2 N–H and O–H groups in total. The van der Waals surface area contributed by atoms with Crippen molar-refractivity contribution in [1.29, 1.82) is 0 Å². The van der Waals surface area contributed by atoms with Crippen LogP contribution in [0.5, 0.6) is 0 Å². The van der Waals surface area contributed by atoms with Gasteiger partial charge in [-0.1, -0.05) is 112 Å². The first-order valence-corrected chi connectivity index (χ1v) is 22.6. The standard InChI is InChI=1S/C46H54N4O7Si/c1-43(2,3)58(7,8)57-44(4)38(51)37(56-42(44)50-29-26-36-39(47-31-48-40(36)50)49-41(52)32-18-12-9-13-19-32)30-55-46(33-20-14-10-15-21-33,34-22-16-11-17-23-34)35-24-27-45(53-5,54-6)28-25-35/h9-27,29,31,37-38,42,51H,28,30H2,1-8H3,(H,47,48,49,52)/t37-,38-,42-,44-/m1/s1. The summed E-state index contributed by atoms with van der Waals surface area (Å²) in [6.07, 6.45) is 6.92. The number of nitrogens with zero attached hydrogens (tertiary/aromatic N) is 3. The quantitative estimate of drug-likeness (QED) is 0.0890. The molecule has 0 unspecified atom stereocenters. The average molecular weight is 803 g/mol. The summed E-state index contributed by atoms with van der Waals surface area (Å²) in [6.45, 7) is 12.7. The number of aromatic nitrogens is 3. The largest absolute Gasteiger partial charge is 0.404 e. The summed E-state index contributed by atoms with van der Waals surface area (Å²) >= 11 is 0. The van der Waals surface area contributed by atoms with Crippen molar-refractivity contribution in [2.75, 3.05) is 26.1 Å². The fourth-order valence-corrected chi connectivity index (χ4v) is 9.39. The third kappa shape index (κ3) is 7.50. The molecule has 11 nitrogen and oxygen atoms in total. The number of aliphatic hydroxyl groups is 1. The van der Waals surface area contributed by atoms with E-state index >= 15 is 0 Å². The predicted molar refractivity (Wildman–Crippen MR) is 227 cm³/mol. The number of aliphatic hydroxyl groups excluding tert-OH is 1. The maximum Gasteiger partial charge on any atom is 0.256 e. The van der Waals surface area contributed by atoms with Crippen LogP contribution in [0.4, 0.5) is 5.82 Å². The fraction of sp³-hybridized carbons (Fsp3) is 0.370. The highest BCUT2D eigenvalue weighted by Crippen LogP contribution is 2.50. The van der Waals surface area contributed by atoms with Crippen molar-refractivity contribution in [3.8, 4) is 0 Å². The highest BCUT2D eigenvalue weighted by molar-refractivity contribution is 6.74. The Morgan fingerprint density at radius 2 is 1.53 bits per heavy atom. The van der Waals surface area contributed by atoms with E-state index in [4.69, 9.17) is 23.4 Å². The van der Waals surface area contributed by atoms with Gasteiger partial charge in [-0.25, -0.2) is 9.97 Å². The van der Waals surface area contributed by atoms with Gasteiger partial charge >= 0.3 is 0 Å². The summed E-state index contributed by atoms with van der Waals surface area (Å²) in [5.41, 5.74) is 1.36. The number of anilines is 1. The molecule has 3 heterocycles. The third-order valence-corrected chi connectivity index (χ3v) is 16.7. The molecule has 1 amide bonds. The van der Waals surface area contributed by atoms with Crippen molar-refractivity contribution in [2.45, 2.75) is 87.7 Å². The lowest BCUT2D eigenvalue weighted by molar-refractivity contribution is -0.168. The minimum Gasteiger partial charge on any atom is -0.404 e. The van der Waals surface area contributed by atoms with E-state index in [1.54, 1.807) is 26.4 Å². The minimum atomic E-state index is -2.54. The maximum atomic E-state index is 13.2. The van der Waals surface area contributed by atoms with Gasteiger partial charge in [-0.2, -0.15) is 0 Å². The van der Waals surface area contributed by atoms with E-state index in [9.17, 15) is 9.90 Å². The van der Waals surface area contributed by atoms with Crippen LogP contribution in [0.1, 0.15) is 61.8 Å². The van der Waals surface area contributed by atoms with Crippen LogP contribution in [0.15, 0.2) is 133 Å². The van der Waals surface area contributed by atoms with Gasteiger partial charge in [0.25, 0.3) is 5.91 Å². The monoisotopic (exact) mass is 802 g/mol. The maximum absolute atomic E-state index is 13.2. The van der Waals surface area contributed by atoms with Crippen LogP contribution in [0, 0.1) is 0 Å². The van der Waals surface area contributed by atoms with Gasteiger partial charge in [0.1, 0.15) is 41.2 Å². The number of carbonyl (C=O) groups is 1. The molecule has 0 spiro atoms. The van der Waals surface area contributed by atoms with Crippen LogP contribution in [0.3, 0.4) is 0 Å². The minimum absolute atomic E-state index is 0.00461. The molecular weight excluding hydrogens is 749 g/mol. The van der Waals surface area contributed by atoms with Gasteiger partial charge < -0.3 is 38.4 Å². The predicted octanol–water partition coefficient (Wildman–Crippen LogP) is 8.56. The normalized spacial score (nSPS) is 22.2. The fourth-order valence-electron chi connectivity index (χ4n) is 7.76. The molecule has 1 aliphatic heterocycles. The number of hydrogen-bond donors (Lipinski definition) is 2. The van der Waals surface area contributed by atoms with E-state index in [1.807, 2.05) is 90.5 Å². The van der Waals surface area contributed by atoms with E-state index in [-0.39, 0.29) is 17.6 Å². The molecule has 2 aliphatic rings. The number of ether oxygens (including phenoxy) is 4. The van der Waals surface area contributed by atoms with Crippen molar-refractivity contribution < 1.29 is 33.3 Å². The Hall–Kier alpha value is -4.79. The van der Waals surface area contributed by atoms with Gasteiger partial charge in [-0.15, -0.1) is 0 Å². The zero-order valence-corrected chi connectivity index (χ0v) is 35.5. The summed E-state index contributed by atoms with van der Waals surface area (Å²) in [4.78, 5) is 22.3. The second-order valence-electron chi connectivity index (χ2n) is 16.7. The van der Waals surface area contributed by atoms with Gasteiger partial charge in [0.05, 0.1) is 12.0 Å². The first-order valence-electron chi connectivity index (χ1n) is 19.6. The SMILES string of the molecule is COC1(OC)C=CC(C(OC[C@H]2O[C@@H](n3ccc4c(NC(=O)c5ccccc5)ncnc43)[C@](C)(O[Si](C)(C)C(C)(C)C)[C@@H]2O)(c2ccccc2)c2ccccc2)=CC1. The van der Waals surface area contributed by atoms with Crippen LogP contribution in [-0.4, -0.2) is 78.3 Å². The van der Waals surface area contributed by atoms with E-state index in [0.717, 1.165) is 16.7 Å². The first kappa shape index (κ1) is 41.4. The number of nitrogens with one attached hydrogen (secondary N) is 1. The Balaban J connectivity index is 1.29. The van der Waals surface area contributed by atoms with Crippen molar-refractivity contribution in [3.05, 3.63) is 150 Å². The second-order valence-corrected chi connectivity index (χ2v) is 21.4. The molecule has 0 saturated carbocycles. The van der Waals surface area contributed by atoms with Crippen molar-refractivity contribution in [1.82, 2.24) is 14.5 Å². The Morgan fingerprint density at radius 3 is 2.09 bits per heavy atom. The highest BCUT2D eigenvalue weighted by atomic mass is 28.4. The topological polar surface area (TPSA) is 126 Å². The van der Waals surface area contributed by atoms with Gasteiger partial charge in [0.15, 0.2) is 20.3 Å². The smallest absolute Gasteiger partial charge is 0.256 e. The molecule has 5 aromatic rings. The highest BCUT2D eigenvalue weighted by Gasteiger charge is 2.59. The first-order chi connectivity index (χ1) is 27.7. The van der Waals surface area contributed by atoms with E-state index in [0.29, 0.717) is 28.8 Å². The summed E-state index contributed by atoms with van der Waals surface area (Å²) < 4.78 is 34.9. The van der Waals surface area contributed by atoms with Crippen molar-refractivity contribution in [3.63, 3.8) is 0 Å². The molecule has 1 aliphatic carbocycles. The summed E-state index contributed by atoms with van der Waals surface area (Å²) in [7, 11) is 0.715. The van der Waals surface area contributed by atoms with Crippen molar-refractivity contribution >= 4 is 31.1 Å². The number of rotatable bonds is 13. The lowest BCUT2D eigenvalue weighted by atomic mass is 9.77. The molecule has 12 heteroatoms. The van der Waals surface area contributed by atoms with E-state index in [2.05, 4.69) is 79.5 Å². The zero-order chi connectivity index (χ0) is 41.3. The molecular formula is C46H54N4O7Si. The van der Waals surface area contributed by atoms with Crippen LogP contribution in [0.25, 0.3) is 11.0 Å². The molecule has 0 radical (unpaired) electrons. The number of carbonyl (C=O) groups excluding carboxylic acids is 1. The summed E-state index contributed by atoms with van der Waals surface area (Å²) in [6, 6.07) is 31.0. The number of fused-ring (bicyclic) bond motifs is 1. The van der Waals surface area contributed by atoms with Crippen LogP contribution < -0.4 is 5.32 Å². The molecule has 0 bridgehead atoms. The molecule has 7 rings (SSSR count). The van der Waals surface area contributed by atoms with Crippen LogP contribution in [0.2, 0.25) is 18.1 Å². The molecule has 4 atom stereocenters. The lowest BCUT2D eigenvalue weighted by Gasteiger charge is -2.45. The van der Waals surface area contributed by atoms with Crippen molar-refractivity contribution in [2.24, 2.45) is 0 Å². The van der Waals surface area contributed by atoms with Gasteiger partial charge in [-0.05, 0) is 66.0 Å². The zero-order valence-electron chi connectivity index (χ0n) is 34.5. The van der Waals surface area contributed by atoms with Crippen LogP contribution >= 0.6 is 0 Å². The number of amides is 1. The molecule has 1 fully saturated rings. The Bertz CT molecular complexity index is 2230. The molecule has 1 saturated heterocycles. The molecule has 2 aromatic heterocycles. The number of hydrogen-bond acceptors (Lipinski definition) is 9.